The van der Waals surface area contributed by atoms with Crippen LogP contribution in [0.2, 0.25) is 0 Å². The van der Waals surface area contributed by atoms with Crippen LogP contribution >= 0.6 is 0 Å². The van der Waals surface area contributed by atoms with E-state index in [0.29, 0.717) is 11.3 Å². The maximum atomic E-state index is 12.4. The van der Waals surface area contributed by atoms with E-state index >= 15 is 0 Å². The van der Waals surface area contributed by atoms with Crippen molar-refractivity contribution in [3.8, 4) is 0 Å². The number of carbonyl (C=O) groups is 2. The van der Waals surface area contributed by atoms with Gasteiger partial charge in [0.2, 0.25) is 15.9 Å². The molecule has 0 saturated heterocycles. The van der Waals surface area contributed by atoms with Crippen molar-refractivity contribution in [3.05, 3.63) is 72.3 Å². The summed E-state index contributed by atoms with van der Waals surface area (Å²) in [6, 6.07) is 19.6. The van der Waals surface area contributed by atoms with E-state index in [1.165, 1.54) is 31.2 Å². The maximum absolute atomic E-state index is 12.4. The van der Waals surface area contributed by atoms with Crippen LogP contribution in [0.3, 0.4) is 0 Å². The molecule has 33 heavy (non-hydrogen) atoms. The highest BCUT2D eigenvalue weighted by Crippen LogP contribution is 2.31. The lowest BCUT2D eigenvalue weighted by Crippen LogP contribution is -2.27. The van der Waals surface area contributed by atoms with Crippen molar-refractivity contribution in [2.45, 2.75) is 31.7 Å². The summed E-state index contributed by atoms with van der Waals surface area (Å²) in [5.41, 5.74) is 3.34. The number of rotatable bonds is 8. The quantitative estimate of drug-likeness (QED) is 0.380. The molecule has 0 radical (unpaired) electrons. The van der Waals surface area contributed by atoms with Gasteiger partial charge in [0.25, 0.3) is 0 Å². The van der Waals surface area contributed by atoms with Gasteiger partial charge in [0.15, 0.2) is 5.78 Å². The molecule has 0 atom stereocenters. The zero-order valence-corrected chi connectivity index (χ0v) is 19.3. The van der Waals surface area contributed by atoms with Crippen LogP contribution in [0.5, 0.6) is 0 Å². The van der Waals surface area contributed by atoms with E-state index in [-0.39, 0.29) is 29.6 Å². The van der Waals surface area contributed by atoms with Gasteiger partial charge >= 0.3 is 0 Å². The van der Waals surface area contributed by atoms with Crippen molar-refractivity contribution in [3.63, 3.8) is 0 Å². The van der Waals surface area contributed by atoms with E-state index in [1.807, 2.05) is 30.3 Å². The van der Waals surface area contributed by atoms with Crippen LogP contribution in [0.1, 0.15) is 30.6 Å². The average molecular weight is 464 g/mol. The number of hydrogen-bond acceptors (Lipinski definition) is 4. The van der Waals surface area contributed by atoms with Crippen molar-refractivity contribution in [1.82, 2.24) is 9.29 Å². The van der Waals surface area contributed by atoms with Gasteiger partial charge in [0.1, 0.15) is 0 Å². The lowest BCUT2D eigenvalue weighted by Gasteiger charge is -2.09. The smallest absolute Gasteiger partial charge is 0.240 e. The van der Waals surface area contributed by atoms with E-state index < -0.39 is 10.0 Å². The molecule has 0 bridgehead atoms. The predicted molar refractivity (Wildman–Crippen MR) is 130 cm³/mol. The Labute approximate surface area is 192 Å². The van der Waals surface area contributed by atoms with Gasteiger partial charge in [0.05, 0.1) is 4.90 Å². The molecule has 1 heterocycles. The standard InChI is InChI=1S/C25H25N3O4S/c1-3-28-23-7-5-4-6-21(23)22-16-19(10-13-24(22)28)27-25(30)14-15-26-33(31,32)20-11-8-18(9-12-20)17(2)29/h4-13,16,26H,3,14-15H2,1-2H3,(H,27,30). The molecule has 4 aromatic rings. The SMILES string of the molecule is CCn1c2ccccc2c2cc(NC(=O)CCNS(=O)(=O)c3ccc(C(C)=O)cc3)ccc21. The van der Waals surface area contributed by atoms with E-state index in [1.54, 1.807) is 0 Å². The van der Waals surface area contributed by atoms with Crippen LogP contribution in [0.15, 0.2) is 71.6 Å². The highest BCUT2D eigenvalue weighted by atomic mass is 32.2. The molecule has 7 nitrogen and oxygen atoms in total. The Balaban J connectivity index is 1.41. The Hall–Kier alpha value is -3.49. The minimum atomic E-state index is -3.77. The fourth-order valence-corrected chi connectivity index (χ4v) is 4.98. The number of ketones is 1. The minimum absolute atomic E-state index is 0.0144. The molecular formula is C25H25N3O4S. The number of Topliss-reactive ketones (excluding diaryl/α,β-unsaturated/α-hetero) is 1. The zero-order valence-electron chi connectivity index (χ0n) is 18.5. The molecular weight excluding hydrogens is 438 g/mol. The Kier molecular flexibility index (Phi) is 6.31. The Bertz CT molecular complexity index is 1450. The van der Waals surface area contributed by atoms with Gasteiger partial charge in [-0.2, -0.15) is 0 Å². The second-order valence-electron chi connectivity index (χ2n) is 7.77. The van der Waals surface area contributed by atoms with Crippen molar-refractivity contribution in [2.75, 3.05) is 11.9 Å². The number of nitrogens with zero attached hydrogens (tertiary/aromatic N) is 1. The molecule has 0 aliphatic rings. The third kappa shape index (κ3) is 4.67. The molecule has 0 fully saturated rings. The third-order valence-electron chi connectivity index (χ3n) is 5.59. The number of sulfonamides is 1. The number of aryl methyl sites for hydroxylation is 1. The number of anilines is 1. The molecule has 3 aromatic carbocycles. The summed E-state index contributed by atoms with van der Waals surface area (Å²) in [6.45, 7) is 4.31. The number of hydrogen-bond donors (Lipinski definition) is 2. The van der Waals surface area contributed by atoms with Crippen molar-refractivity contribution in [1.29, 1.82) is 0 Å². The molecule has 1 amide bonds. The fourth-order valence-electron chi connectivity index (χ4n) is 3.95. The second kappa shape index (κ2) is 9.17. The van der Waals surface area contributed by atoms with E-state index in [4.69, 9.17) is 0 Å². The van der Waals surface area contributed by atoms with Crippen LogP contribution in [0.4, 0.5) is 5.69 Å². The Morgan fingerprint density at radius 1 is 0.909 bits per heavy atom. The molecule has 0 saturated carbocycles. The van der Waals surface area contributed by atoms with E-state index in [9.17, 15) is 18.0 Å². The second-order valence-corrected chi connectivity index (χ2v) is 9.54. The summed E-state index contributed by atoms with van der Waals surface area (Å²) in [7, 11) is -3.77. The summed E-state index contributed by atoms with van der Waals surface area (Å²) in [5, 5.41) is 5.03. The summed E-state index contributed by atoms with van der Waals surface area (Å²) >= 11 is 0. The lowest BCUT2D eigenvalue weighted by atomic mass is 10.1. The van der Waals surface area contributed by atoms with Gasteiger partial charge in [-0.1, -0.05) is 30.3 Å². The highest BCUT2D eigenvalue weighted by molar-refractivity contribution is 7.89. The molecule has 0 aliphatic carbocycles. The first kappa shape index (κ1) is 22.7. The summed E-state index contributed by atoms with van der Waals surface area (Å²) < 4.78 is 29.5. The molecule has 1 aromatic heterocycles. The monoisotopic (exact) mass is 463 g/mol. The van der Waals surface area contributed by atoms with Crippen molar-refractivity contribution >= 4 is 49.2 Å². The van der Waals surface area contributed by atoms with Crippen molar-refractivity contribution in [2.24, 2.45) is 0 Å². The van der Waals surface area contributed by atoms with E-state index in [2.05, 4.69) is 33.7 Å². The molecule has 2 N–H and O–H groups in total. The molecule has 170 valence electrons. The van der Waals surface area contributed by atoms with E-state index in [0.717, 1.165) is 28.4 Å². The largest absolute Gasteiger partial charge is 0.341 e. The number of aromatic nitrogens is 1. The molecule has 4 rings (SSSR count). The predicted octanol–water partition coefficient (Wildman–Crippen LogP) is 4.32. The minimum Gasteiger partial charge on any atom is -0.341 e. The van der Waals surface area contributed by atoms with Crippen LogP contribution < -0.4 is 10.0 Å². The normalized spacial score (nSPS) is 11.7. The first-order valence-electron chi connectivity index (χ1n) is 10.7. The van der Waals surface area contributed by atoms with Crippen molar-refractivity contribution < 1.29 is 18.0 Å². The average Bonchev–Trinajstić information content (AvgIpc) is 3.12. The third-order valence-corrected chi connectivity index (χ3v) is 7.06. The first-order chi connectivity index (χ1) is 15.8. The number of amides is 1. The van der Waals surface area contributed by atoms with Gasteiger partial charge in [-0.3, -0.25) is 9.59 Å². The lowest BCUT2D eigenvalue weighted by molar-refractivity contribution is -0.116. The van der Waals surface area contributed by atoms with Crippen LogP contribution in [0.25, 0.3) is 21.8 Å². The van der Waals surface area contributed by atoms with Crippen LogP contribution in [-0.4, -0.2) is 31.2 Å². The fraction of sp³-hybridized carbons (Fsp3) is 0.200. The zero-order chi connectivity index (χ0) is 23.6. The topological polar surface area (TPSA) is 97.3 Å². The maximum Gasteiger partial charge on any atom is 0.240 e. The van der Waals surface area contributed by atoms with Gasteiger partial charge in [-0.05, 0) is 50.2 Å². The number of carbonyl (C=O) groups excluding carboxylic acids is 2. The number of para-hydroxylation sites is 1. The highest BCUT2D eigenvalue weighted by Gasteiger charge is 2.15. The van der Waals surface area contributed by atoms with Gasteiger partial charge < -0.3 is 9.88 Å². The summed E-state index contributed by atoms with van der Waals surface area (Å²) in [6.07, 6.45) is -0.0144. The Morgan fingerprint density at radius 3 is 2.30 bits per heavy atom. The number of nitrogens with one attached hydrogen (secondary N) is 2. The van der Waals surface area contributed by atoms with Crippen LogP contribution in [0, 0.1) is 0 Å². The molecule has 0 spiro atoms. The number of benzene rings is 3. The molecule has 0 aliphatic heterocycles. The summed E-state index contributed by atoms with van der Waals surface area (Å²) in [4.78, 5) is 23.8. The molecule has 0 unspecified atom stereocenters. The van der Waals surface area contributed by atoms with Crippen LogP contribution in [-0.2, 0) is 21.4 Å². The van der Waals surface area contributed by atoms with Gasteiger partial charge in [-0.15, -0.1) is 0 Å². The Morgan fingerprint density at radius 2 is 1.61 bits per heavy atom. The first-order valence-corrected chi connectivity index (χ1v) is 12.2. The molecule has 8 heteroatoms. The summed E-state index contributed by atoms with van der Waals surface area (Å²) in [5.74, 6) is -0.427. The number of fused-ring (bicyclic) bond motifs is 3. The van der Waals surface area contributed by atoms with Gasteiger partial charge in [-0.25, -0.2) is 13.1 Å². The van der Waals surface area contributed by atoms with Gasteiger partial charge in [0, 0.05) is 52.6 Å².